The topological polar surface area (TPSA) is 66.8 Å². The number of nitrogens with one attached hydrogen (secondary N) is 1. The lowest BCUT2D eigenvalue weighted by Gasteiger charge is -2.19. The summed E-state index contributed by atoms with van der Waals surface area (Å²) in [5, 5.41) is 3.64. The molecule has 152 valence electrons. The van der Waals surface area contributed by atoms with Crippen LogP contribution in [0.15, 0.2) is 36.9 Å². The predicted octanol–water partition coefficient (Wildman–Crippen LogP) is 3.90. The first-order valence-corrected chi connectivity index (χ1v) is 8.71. The van der Waals surface area contributed by atoms with Crippen molar-refractivity contribution in [2.75, 3.05) is 23.3 Å². The summed E-state index contributed by atoms with van der Waals surface area (Å²) in [6.45, 7) is 0.0337. The average molecular weight is 410 g/mol. The van der Waals surface area contributed by atoms with E-state index in [-0.39, 0.29) is 26.1 Å². The van der Waals surface area contributed by atoms with E-state index in [1.54, 1.807) is 23.1 Å². The first-order chi connectivity index (χ1) is 13.7. The SMILES string of the molecule is FC1(F)CCN(c2ccc3ncnc(NCc4cnc(C(F)(F)F)nc4)c3c2)C1. The normalized spacial score (nSPS) is 16.4. The summed E-state index contributed by atoms with van der Waals surface area (Å²) in [7, 11) is 0. The molecule has 0 unspecified atom stereocenters. The first-order valence-electron chi connectivity index (χ1n) is 8.71. The maximum absolute atomic E-state index is 13.5. The predicted molar refractivity (Wildman–Crippen MR) is 95.7 cm³/mol. The highest BCUT2D eigenvalue weighted by atomic mass is 19.4. The van der Waals surface area contributed by atoms with Gasteiger partial charge in [-0.15, -0.1) is 0 Å². The van der Waals surface area contributed by atoms with Crippen LogP contribution in [0.25, 0.3) is 10.9 Å². The van der Waals surface area contributed by atoms with Crippen molar-refractivity contribution in [3.63, 3.8) is 0 Å². The van der Waals surface area contributed by atoms with E-state index >= 15 is 0 Å². The molecule has 4 rings (SSSR count). The van der Waals surface area contributed by atoms with Crippen LogP contribution >= 0.6 is 0 Å². The largest absolute Gasteiger partial charge is 0.451 e. The van der Waals surface area contributed by atoms with Crippen molar-refractivity contribution >= 4 is 22.4 Å². The highest BCUT2D eigenvalue weighted by molar-refractivity contribution is 5.91. The molecule has 1 fully saturated rings. The summed E-state index contributed by atoms with van der Waals surface area (Å²) < 4.78 is 64.7. The number of hydrogen-bond donors (Lipinski definition) is 1. The van der Waals surface area contributed by atoms with Crippen LogP contribution in [0.2, 0.25) is 0 Å². The molecular formula is C18H15F5N6. The lowest BCUT2D eigenvalue weighted by atomic mass is 10.2. The number of nitrogens with zero attached hydrogens (tertiary/aromatic N) is 5. The third kappa shape index (κ3) is 4.17. The fraction of sp³-hybridized carbons (Fsp3) is 0.333. The molecule has 3 heterocycles. The Bertz CT molecular complexity index is 1020. The summed E-state index contributed by atoms with van der Waals surface area (Å²) in [5.74, 6) is -3.49. The second-order valence-electron chi connectivity index (χ2n) is 6.72. The van der Waals surface area contributed by atoms with Crippen molar-refractivity contribution < 1.29 is 22.0 Å². The van der Waals surface area contributed by atoms with Gasteiger partial charge in [0.25, 0.3) is 5.92 Å². The van der Waals surface area contributed by atoms with Crippen LogP contribution in [0.4, 0.5) is 33.5 Å². The Hall–Kier alpha value is -3.11. The molecule has 11 heteroatoms. The number of hydrogen-bond acceptors (Lipinski definition) is 6. The Morgan fingerprint density at radius 2 is 1.83 bits per heavy atom. The number of rotatable bonds is 4. The highest BCUT2D eigenvalue weighted by Crippen LogP contribution is 2.33. The zero-order valence-electron chi connectivity index (χ0n) is 14.9. The van der Waals surface area contributed by atoms with Gasteiger partial charge in [-0.3, -0.25) is 0 Å². The standard InChI is InChI=1S/C18H15F5N6/c19-17(20)3-4-29(9-17)12-1-2-14-13(5-12)15(28-10-27-14)24-6-11-7-25-16(26-8-11)18(21,22)23/h1-2,5,7-8,10H,3-4,6,9H2,(H,24,27,28). The minimum atomic E-state index is -4.60. The van der Waals surface area contributed by atoms with Gasteiger partial charge < -0.3 is 10.2 Å². The first kappa shape index (κ1) is 19.2. The summed E-state index contributed by atoms with van der Waals surface area (Å²) in [6, 6.07) is 5.17. The summed E-state index contributed by atoms with van der Waals surface area (Å²) in [5.41, 5.74) is 1.67. The van der Waals surface area contributed by atoms with E-state index in [1.807, 2.05) is 0 Å². The zero-order valence-corrected chi connectivity index (χ0v) is 14.9. The van der Waals surface area contributed by atoms with E-state index in [9.17, 15) is 22.0 Å². The van der Waals surface area contributed by atoms with Crippen molar-refractivity contribution in [2.45, 2.75) is 25.1 Å². The fourth-order valence-corrected chi connectivity index (χ4v) is 3.12. The lowest BCUT2D eigenvalue weighted by molar-refractivity contribution is -0.145. The summed E-state index contributed by atoms with van der Waals surface area (Å²) in [4.78, 5) is 16.6. The smallest absolute Gasteiger partial charge is 0.365 e. The van der Waals surface area contributed by atoms with Crippen LogP contribution in [0.3, 0.4) is 0 Å². The molecule has 3 aromatic rings. The van der Waals surface area contributed by atoms with E-state index in [2.05, 4.69) is 25.3 Å². The van der Waals surface area contributed by atoms with E-state index in [0.717, 1.165) is 12.4 Å². The maximum atomic E-state index is 13.5. The van der Waals surface area contributed by atoms with Crippen LogP contribution in [0.1, 0.15) is 17.8 Å². The van der Waals surface area contributed by atoms with Gasteiger partial charge in [-0.1, -0.05) is 0 Å². The van der Waals surface area contributed by atoms with E-state index in [4.69, 9.17) is 0 Å². The molecule has 0 radical (unpaired) electrons. The van der Waals surface area contributed by atoms with Gasteiger partial charge in [-0.25, -0.2) is 28.7 Å². The van der Waals surface area contributed by atoms with Crippen molar-refractivity contribution in [1.29, 1.82) is 0 Å². The molecule has 0 spiro atoms. The second kappa shape index (κ2) is 7.05. The number of anilines is 2. The minimum Gasteiger partial charge on any atom is -0.365 e. The molecule has 1 N–H and O–H groups in total. The Labute approximate surface area is 161 Å². The van der Waals surface area contributed by atoms with Gasteiger partial charge in [0.1, 0.15) is 12.1 Å². The molecule has 29 heavy (non-hydrogen) atoms. The molecule has 1 saturated heterocycles. The molecular weight excluding hydrogens is 395 g/mol. The minimum absolute atomic E-state index is 0.135. The Balaban J connectivity index is 1.55. The highest BCUT2D eigenvalue weighted by Gasteiger charge is 2.38. The number of fused-ring (bicyclic) bond motifs is 1. The third-order valence-corrected chi connectivity index (χ3v) is 4.57. The van der Waals surface area contributed by atoms with Crippen molar-refractivity contribution in [3.8, 4) is 0 Å². The van der Waals surface area contributed by atoms with Gasteiger partial charge in [-0.05, 0) is 18.2 Å². The molecule has 0 atom stereocenters. The van der Waals surface area contributed by atoms with Crippen molar-refractivity contribution in [1.82, 2.24) is 19.9 Å². The van der Waals surface area contributed by atoms with Crippen LogP contribution in [-0.4, -0.2) is 38.9 Å². The van der Waals surface area contributed by atoms with Crippen molar-refractivity contribution in [2.24, 2.45) is 0 Å². The summed E-state index contributed by atoms with van der Waals surface area (Å²) >= 11 is 0. The van der Waals surface area contributed by atoms with Crippen LogP contribution < -0.4 is 10.2 Å². The molecule has 1 aliphatic heterocycles. The Morgan fingerprint density at radius 3 is 2.48 bits per heavy atom. The molecule has 0 bridgehead atoms. The maximum Gasteiger partial charge on any atom is 0.451 e. The van der Waals surface area contributed by atoms with Gasteiger partial charge in [0, 0.05) is 48.5 Å². The molecule has 1 aromatic carbocycles. The van der Waals surface area contributed by atoms with Crippen molar-refractivity contribution in [3.05, 3.63) is 48.3 Å². The molecule has 0 amide bonds. The zero-order chi connectivity index (χ0) is 20.6. The van der Waals surface area contributed by atoms with E-state index in [0.29, 0.717) is 28.0 Å². The average Bonchev–Trinajstić information content (AvgIpc) is 3.05. The number of aromatic nitrogens is 4. The van der Waals surface area contributed by atoms with Gasteiger partial charge >= 0.3 is 6.18 Å². The van der Waals surface area contributed by atoms with Gasteiger partial charge in [0.05, 0.1) is 12.1 Å². The van der Waals surface area contributed by atoms with Gasteiger partial charge in [0.15, 0.2) is 0 Å². The van der Waals surface area contributed by atoms with Gasteiger partial charge in [0.2, 0.25) is 5.82 Å². The molecule has 0 aliphatic carbocycles. The second-order valence-corrected chi connectivity index (χ2v) is 6.72. The summed E-state index contributed by atoms with van der Waals surface area (Å²) in [6.07, 6.45) is -1.28. The quantitative estimate of drug-likeness (QED) is 0.659. The van der Waals surface area contributed by atoms with E-state index < -0.39 is 17.9 Å². The lowest BCUT2D eigenvalue weighted by Crippen LogP contribution is -2.24. The number of alkyl halides is 5. The monoisotopic (exact) mass is 410 g/mol. The van der Waals surface area contributed by atoms with Crippen LogP contribution in [-0.2, 0) is 12.7 Å². The Kier molecular flexibility index (Phi) is 4.67. The molecule has 6 nitrogen and oxygen atoms in total. The molecule has 1 aliphatic rings. The van der Waals surface area contributed by atoms with Gasteiger partial charge in [-0.2, -0.15) is 13.2 Å². The van der Waals surface area contributed by atoms with Crippen LogP contribution in [0.5, 0.6) is 0 Å². The molecule has 0 saturated carbocycles. The molecule has 2 aromatic heterocycles. The third-order valence-electron chi connectivity index (χ3n) is 4.57. The number of halogens is 5. The fourth-order valence-electron chi connectivity index (χ4n) is 3.12. The number of benzene rings is 1. The van der Waals surface area contributed by atoms with E-state index in [1.165, 1.54) is 6.33 Å². The Morgan fingerprint density at radius 1 is 1.07 bits per heavy atom. The van der Waals surface area contributed by atoms with Crippen LogP contribution in [0, 0.1) is 0 Å².